The number of hydrogen-bond donors (Lipinski definition) is 1. The number of aromatic nitrogens is 3. The first-order valence-electron chi connectivity index (χ1n) is 7.35. The van der Waals surface area contributed by atoms with Crippen molar-refractivity contribution in [3.63, 3.8) is 0 Å². The van der Waals surface area contributed by atoms with E-state index in [1.807, 2.05) is 24.7 Å². The molecule has 5 heteroatoms. The van der Waals surface area contributed by atoms with E-state index in [9.17, 15) is 0 Å². The molecule has 3 aromatic heterocycles. The van der Waals surface area contributed by atoms with Gasteiger partial charge in [0.1, 0.15) is 0 Å². The maximum Gasteiger partial charge on any atom is 0.159 e. The second-order valence-corrected chi connectivity index (χ2v) is 5.54. The Kier molecular flexibility index (Phi) is 3.00. The number of piperidine rings is 1. The topological polar surface area (TPSA) is 54.0 Å². The molecule has 4 rings (SSSR count). The van der Waals surface area contributed by atoms with Gasteiger partial charge in [-0.15, -0.1) is 0 Å². The van der Waals surface area contributed by atoms with Crippen LogP contribution in [0.2, 0.25) is 0 Å². The number of aromatic amines is 1. The summed E-state index contributed by atoms with van der Waals surface area (Å²) in [6.45, 7) is 2.00. The van der Waals surface area contributed by atoms with Crippen LogP contribution in [0.3, 0.4) is 0 Å². The van der Waals surface area contributed by atoms with Gasteiger partial charge in [-0.05, 0) is 25.0 Å². The van der Waals surface area contributed by atoms with E-state index in [1.165, 1.54) is 11.1 Å². The zero-order chi connectivity index (χ0) is 14.2. The third-order valence-electron chi connectivity index (χ3n) is 4.32. The third kappa shape index (κ3) is 2.05. The van der Waals surface area contributed by atoms with Crippen LogP contribution in [0.15, 0.2) is 30.7 Å². The van der Waals surface area contributed by atoms with Gasteiger partial charge < -0.3 is 14.6 Å². The first-order valence-corrected chi connectivity index (χ1v) is 7.35. The van der Waals surface area contributed by atoms with Crippen LogP contribution in [0.25, 0.3) is 21.9 Å². The average Bonchev–Trinajstić information content (AvgIpc) is 3.03. The van der Waals surface area contributed by atoms with Gasteiger partial charge in [-0.1, -0.05) is 0 Å². The Bertz CT molecular complexity index is 782. The van der Waals surface area contributed by atoms with E-state index in [0.29, 0.717) is 6.10 Å². The van der Waals surface area contributed by atoms with E-state index in [0.717, 1.165) is 42.5 Å². The highest BCUT2D eigenvalue weighted by molar-refractivity contribution is 6.09. The van der Waals surface area contributed by atoms with E-state index in [-0.39, 0.29) is 0 Å². The zero-order valence-electron chi connectivity index (χ0n) is 12.0. The lowest BCUT2D eigenvalue weighted by molar-refractivity contribution is 0.0894. The van der Waals surface area contributed by atoms with Crippen molar-refractivity contribution in [2.75, 3.05) is 25.1 Å². The first kappa shape index (κ1) is 12.6. The van der Waals surface area contributed by atoms with Gasteiger partial charge in [0.15, 0.2) is 5.65 Å². The number of pyridine rings is 2. The molecule has 1 fully saturated rings. The van der Waals surface area contributed by atoms with E-state index >= 15 is 0 Å². The summed E-state index contributed by atoms with van der Waals surface area (Å²) in [5, 5.41) is 2.32. The lowest BCUT2D eigenvalue weighted by Crippen LogP contribution is -2.39. The zero-order valence-corrected chi connectivity index (χ0v) is 12.0. The Hall–Kier alpha value is -2.14. The molecule has 0 spiro atoms. The lowest BCUT2D eigenvalue weighted by Gasteiger charge is -2.34. The molecule has 21 heavy (non-hydrogen) atoms. The molecule has 0 radical (unpaired) electrons. The summed E-state index contributed by atoms with van der Waals surface area (Å²) in [6, 6.07) is 4.19. The molecule has 1 atom stereocenters. The molecular weight excluding hydrogens is 264 g/mol. The van der Waals surface area contributed by atoms with Crippen molar-refractivity contribution in [1.29, 1.82) is 0 Å². The molecule has 1 aliphatic rings. The molecule has 1 aliphatic heterocycles. The maximum atomic E-state index is 5.55. The van der Waals surface area contributed by atoms with Crippen molar-refractivity contribution in [3.05, 3.63) is 30.7 Å². The largest absolute Gasteiger partial charge is 0.380 e. The highest BCUT2D eigenvalue weighted by atomic mass is 16.5. The van der Waals surface area contributed by atoms with Crippen molar-refractivity contribution < 1.29 is 4.74 Å². The SMILES string of the molecule is COC1CCCN(c2cc[nH]c3cnc4nccc4c23)C1. The number of H-pyrrole nitrogens is 1. The van der Waals surface area contributed by atoms with Crippen molar-refractivity contribution in [2.45, 2.75) is 18.9 Å². The monoisotopic (exact) mass is 282 g/mol. The smallest absolute Gasteiger partial charge is 0.159 e. The van der Waals surface area contributed by atoms with Gasteiger partial charge in [0.2, 0.25) is 0 Å². The van der Waals surface area contributed by atoms with E-state index in [1.54, 1.807) is 7.11 Å². The molecule has 108 valence electrons. The molecule has 3 aromatic rings. The molecule has 0 saturated carbocycles. The minimum atomic E-state index is 0.313. The minimum absolute atomic E-state index is 0.313. The van der Waals surface area contributed by atoms with Crippen LogP contribution in [0, 0.1) is 0 Å². The number of nitrogens with zero attached hydrogens (tertiary/aromatic N) is 3. The van der Waals surface area contributed by atoms with Crippen molar-refractivity contribution >= 4 is 27.6 Å². The molecule has 1 unspecified atom stereocenters. The van der Waals surface area contributed by atoms with Gasteiger partial charge in [0.05, 0.1) is 17.8 Å². The van der Waals surface area contributed by atoms with Crippen LogP contribution in [0.1, 0.15) is 12.8 Å². The Morgan fingerprint density at radius 3 is 3.19 bits per heavy atom. The molecule has 0 aliphatic carbocycles. The number of rotatable bonds is 2. The molecule has 4 heterocycles. The first-order chi connectivity index (χ1) is 10.4. The van der Waals surface area contributed by atoms with E-state index < -0.39 is 0 Å². The average molecular weight is 282 g/mol. The third-order valence-corrected chi connectivity index (χ3v) is 4.32. The number of methoxy groups -OCH3 is 1. The van der Waals surface area contributed by atoms with Gasteiger partial charge in [0.25, 0.3) is 0 Å². The van der Waals surface area contributed by atoms with E-state index in [4.69, 9.17) is 4.74 Å². The highest BCUT2D eigenvalue weighted by Gasteiger charge is 2.22. The second-order valence-electron chi connectivity index (χ2n) is 5.54. The summed E-state index contributed by atoms with van der Waals surface area (Å²) in [5.74, 6) is 0. The number of fused-ring (bicyclic) bond motifs is 3. The summed E-state index contributed by atoms with van der Waals surface area (Å²) in [6.07, 6.45) is 8.28. The number of ether oxygens (including phenoxy) is 1. The van der Waals surface area contributed by atoms with Crippen molar-refractivity contribution in [3.8, 4) is 0 Å². The standard InChI is InChI=1S/C16H18N4O/c1-21-11-3-2-8-20(10-11)14-5-7-17-13-9-19-16-12(15(13)14)4-6-18-16/h4-7,9,11,17H,2-3,8,10H2,1H3. The van der Waals surface area contributed by atoms with Crippen LogP contribution in [0.4, 0.5) is 5.69 Å². The molecule has 1 N–H and O–H groups in total. The highest BCUT2D eigenvalue weighted by Crippen LogP contribution is 2.32. The summed E-state index contributed by atoms with van der Waals surface area (Å²) < 4.78 is 5.55. The molecule has 5 nitrogen and oxygen atoms in total. The fourth-order valence-corrected chi connectivity index (χ4v) is 3.25. The quantitative estimate of drug-likeness (QED) is 0.785. The Morgan fingerprint density at radius 1 is 1.33 bits per heavy atom. The Morgan fingerprint density at radius 2 is 2.29 bits per heavy atom. The van der Waals surface area contributed by atoms with Crippen LogP contribution in [-0.4, -0.2) is 41.3 Å². The van der Waals surface area contributed by atoms with Gasteiger partial charge in [-0.3, -0.25) is 0 Å². The molecule has 0 aromatic carbocycles. The maximum absolute atomic E-state index is 5.55. The van der Waals surface area contributed by atoms with Crippen molar-refractivity contribution in [1.82, 2.24) is 15.0 Å². The predicted octanol–water partition coefficient (Wildman–Crippen LogP) is 2.73. The van der Waals surface area contributed by atoms with Gasteiger partial charge in [0, 0.05) is 49.1 Å². The molecule has 0 amide bonds. The number of hydrogen-bond acceptors (Lipinski definition) is 4. The fourth-order valence-electron chi connectivity index (χ4n) is 3.25. The van der Waals surface area contributed by atoms with Crippen LogP contribution in [0.5, 0.6) is 0 Å². The minimum Gasteiger partial charge on any atom is -0.380 e. The van der Waals surface area contributed by atoms with Crippen molar-refractivity contribution in [2.24, 2.45) is 0 Å². The van der Waals surface area contributed by atoms with Gasteiger partial charge in [-0.25, -0.2) is 9.97 Å². The van der Waals surface area contributed by atoms with Crippen LogP contribution in [-0.2, 0) is 4.74 Å². The summed E-state index contributed by atoms with van der Waals surface area (Å²) in [7, 11) is 1.80. The number of anilines is 1. The summed E-state index contributed by atoms with van der Waals surface area (Å²) >= 11 is 0. The fraction of sp³-hybridized carbons (Fsp3) is 0.375. The molecule has 0 bridgehead atoms. The van der Waals surface area contributed by atoms with Crippen LogP contribution >= 0.6 is 0 Å². The Balaban J connectivity index is 1.89. The van der Waals surface area contributed by atoms with Crippen LogP contribution < -0.4 is 4.90 Å². The molecular formula is C16H18N4O. The normalized spacial score (nSPS) is 19.5. The second kappa shape index (κ2) is 5.00. The summed E-state index contributed by atoms with van der Waals surface area (Å²) in [5.41, 5.74) is 3.10. The lowest BCUT2D eigenvalue weighted by atomic mass is 10.1. The van der Waals surface area contributed by atoms with Gasteiger partial charge >= 0.3 is 0 Å². The Labute approximate surface area is 123 Å². The predicted molar refractivity (Wildman–Crippen MR) is 83.6 cm³/mol. The van der Waals surface area contributed by atoms with Gasteiger partial charge in [-0.2, -0.15) is 0 Å². The summed E-state index contributed by atoms with van der Waals surface area (Å²) in [4.78, 5) is 14.4. The number of nitrogens with one attached hydrogen (secondary N) is 1. The molecule has 1 saturated heterocycles. The van der Waals surface area contributed by atoms with E-state index in [2.05, 4.69) is 25.9 Å².